The highest BCUT2D eigenvalue weighted by atomic mass is 16.5. The van der Waals surface area contributed by atoms with Gasteiger partial charge in [-0.1, -0.05) is 12.0 Å². The second kappa shape index (κ2) is 7.70. The van der Waals surface area contributed by atoms with Gasteiger partial charge in [0, 0.05) is 18.0 Å². The lowest BCUT2D eigenvalue weighted by Crippen LogP contribution is -2.06. The molecule has 0 atom stereocenters. The molecule has 1 heterocycles. The molecular formula is C17H15NO4. The van der Waals surface area contributed by atoms with Crippen molar-refractivity contribution in [3.63, 3.8) is 0 Å². The molecule has 22 heavy (non-hydrogen) atoms. The van der Waals surface area contributed by atoms with Crippen molar-refractivity contribution < 1.29 is 19.0 Å². The van der Waals surface area contributed by atoms with E-state index in [0.29, 0.717) is 23.7 Å². The number of benzene rings is 1. The first kappa shape index (κ1) is 15.4. The summed E-state index contributed by atoms with van der Waals surface area (Å²) in [4.78, 5) is 15.8. The normalized spacial score (nSPS) is 9.64. The first-order valence-electron chi connectivity index (χ1n) is 6.55. The van der Waals surface area contributed by atoms with Crippen LogP contribution in [0.25, 0.3) is 0 Å². The van der Waals surface area contributed by atoms with E-state index in [1.165, 1.54) is 7.11 Å². The Labute approximate surface area is 128 Å². The SMILES string of the molecule is C#CCOC(=O)c1ccc(OCc2cccnc2)c(OC)c1. The van der Waals surface area contributed by atoms with Crippen LogP contribution < -0.4 is 9.47 Å². The van der Waals surface area contributed by atoms with Gasteiger partial charge in [0.05, 0.1) is 12.7 Å². The van der Waals surface area contributed by atoms with Crippen LogP contribution in [-0.2, 0) is 11.3 Å². The second-order valence-electron chi connectivity index (χ2n) is 4.30. The van der Waals surface area contributed by atoms with Crippen molar-refractivity contribution >= 4 is 5.97 Å². The maximum Gasteiger partial charge on any atom is 0.339 e. The van der Waals surface area contributed by atoms with Gasteiger partial charge in [-0.25, -0.2) is 4.79 Å². The molecule has 0 spiro atoms. The van der Waals surface area contributed by atoms with E-state index in [1.807, 2.05) is 12.1 Å². The summed E-state index contributed by atoms with van der Waals surface area (Å²) in [6.45, 7) is 0.283. The summed E-state index contributed by atoms with van der Waals surface area (Å²) in [5.74, 6) is 2.71. The second-order valence-corrected chi connectivity index (χ2v) is 4.30. The Morgan fingerprint density at radius 3 is 2.86 bits per heavy atom. The van der Waals surface area contributed by atoms with Crippen molar-refractivity contribution in [1.29, 1.82) is 0 Å². The van der Waals surface area contributed by atoms with Gasteiger partial charge >= 0.3 is 5.97 Å². The molecule has 2 rings (SSSR count). The van der Waals surface area contributed by atoms with Gasteiger partial charge in [-0.05, 0) is 24.3 Å². The van der Waals surface area contributed by atoms with Gasteiger partial charge in [-0.3, -0.25) is 4.98 Å². The third-order valence-corrected chi connectivity index (χ3v) is 2.80. The summed E-state index contributed by atoms with van der Waals surface area (Å²) in [7, 11) is 1.50. The average molecular weight is 297 g/mol. The van der Waals surface area contributed by atoms with Crippen LogP contribution in [0.1, 0.15) is 15.9 Å². The Balaban J connectivity index is 2.09. The van der Waals surface area contributed by atoms with E-state index in [0.717, 1.165) is 5.56 Å². The number of pyridine rings is 1. The summed E-state index contributed by atoms with van der Waals surface area (Å²) in [6, 6.07) is 8.55. The molecule has 0 unspecified atom stereocenters. The van der Waals surface area contributed by atoms with Crippen LogP contribution in [0.15, 0.2) is 42.7 Å². The van der Waals surface area contributed by atoms with Crippen molar-refractivity contribution in [2.75, 3.05) is 13.7 Å². The van der Waals surface area contributed by atoms with E-state index in [9.17, 15) is 4.79 Å². The van der Waals surface area contributed by atoms with Gasteiger partial charge in [0.25, 0.3) is 0 Å². The minimum atomic E-state index is -0.505. The summed E-state index contributed by atoms with van der Waals surface area (Å²) in [6.07, 6.45) is 8.47. The Bertz CT molecular complexity index is 677. The summed E-state index contributed by atoms with van der Waals surface area (Å²) < 4.78 is 15.8. The van der Waals surface area contributed by atoms with Gasteiger partial charge in [0.2, 0.25) is 0 Å². The lowest BCUT2D eigenvalue weighted by atomic mass is 10.2. The number of aromatic nitrogens is 1. The van der Waals surface area contributed by atoms with Crippen LogP contribution in [0.3, 0.4) is 0 Å². The van der Waals surface area contributed by atoms with Gasteiger partial charge < -0.3 is 14.2 Å². The minimum Gasteiger partial charge on any atom is -0.493 e. The van der Waals surface area contributed by atoms with Crippen LogP contribution in [0.2, 0.25) is 0 Å². The van der Waals surface area contributed by atoms with Crippen LogP contribution in [0.4, 0.5) is 0 Å². The lowest BCUT2D eigenvalue weighted by molar-refractivity contribution is 0.0556. The first-order valence-corrected chi connectivity index (χ1v) is 6.55. The van der Waals surface area contributed by atoms with Gasteiger partial charge in [0.15, 0.2) is 18.1 Å². The predicted octanol–water partition coefficient (Wildman–Crippen LogP) is 2.46. The molecule has 0 N–H and O–H groups in total. The van der Waals surface area contributed by atoms with E-state index >= 15 is 0 Å². The Morgan fingerprint density at radius 1 is 1.32 bits per heavy atom. The van der Waals surface area contributed by atoms with Crippen molar-refractivity contribution in [2.45, 2.75) is 6.61 Å². The molecule has 5 nitrogen and oxygen atoms in total. The van der Waals surface area contributed by atoms with Gasteiger partial charge in [-0.2, -0.15) is 0 Å². The van der Waals surface area contributed by atoms with Crippen LogP contribution >= 0.6 is 0 Å². The Kier molecular flexibility index (Phi) is 5.38. The highest BCUT2D eigenvalue weighted by molar-refractivity contribution is 5.90. The fraction of sp³-hybridized carbons (Fsp3) is 0.176. The third-order valence-electron chi connectivity index (χ3n) is 2.80. The number of nitrogens with zero attached hydrogens (tertiary/aromatic N) is 1. The first-order chi connectivity index (χ1) is 10.7. The number of esters is 1. The topological polar surface area (TPSA) is 57.7 Å². The highest BCUT2D eigenvalue weighted by Crippen LogP contribution is 2.29. The molecule has 0 aliphatic rings. The number of hydrogen-bond acceptors (Lipinski definition) is 5. The summed E-state index contributed by atoms with van der Waals surface area (Å²) in [5, 5.41) is 0. The standard InChI is InChI=1S/C17H15NO4/c1-3-9-21-17(19)14-6-7-15(16(10-14)20-2)22-12-13-5-4-8-18-11-13/h1,4-8,10-11H,9,12H2,2H3. The molecule has 1 aromatic carbocycles. The number of hydrogen-bond donors (Lipinski definition) is 0. The monoisotopic (exact) mass is 297 g/mol. The molecule has 0 aliphatic heterocycles. The van der Waals surface area contributed by atoms with Crippen molar-refractivity contribution in [2.24, 2.45) is 0 Å². The largest absolute Gasteiger partial charge is 0.493 e. The van der Waals surface area contributed by atoms with Crippen molar-refractivity contribution in [3.05, 3.63) is 53.9 Å². The molecule has 0 amide bonds. The lowest BCUT2D eigenvalue weighted by Gasteiger charge is -2.11. The number of ether oxygens (including phenoxy) is 3. The number of methoxy groups -OCH3 is 1. The Hall–Kier alpha value is -3.00. The minimum absolute atomic E-state index is 0.0690. The molecule has 0 saturated carbocycles. The highest BCUT2D eigenvalue weighted by Gasteiger charge is 2.12. The number of carbonyl (C=O) groups is 1. The molecule has 0 aliphatic carbocycles. The van der Waals surface area contributed by atoms with Crippen LogP contribution in [0.5, 0.6) is 11.5 Å². The van der Waals surface area contributed by atoms with Crippen molar-refractivity contribution in [1.82, 2.24) is 4.98 Å². The summed E-state index contributed by atoms with van der Waals surface area (Å²) >= 11 is 0. The molecular weight excluding hydrogens is 282 g/mol. The predicted molar refractivity (Wildman–Crippen MR) is 80.7 cm³/mol. The van der Waals surface area contributed by atoms with E-state index in [2.05, 4.69) is 10.9 Å². The number of carbonyl (C=O) groups excluding carboxylic acids is 1. The molecule has 0 fully saturated rings. The molecule has 1 aromatic heterocycles. The molecule has 112 valence electrons. The van der Waals surface area contributed by atoms with Crippen LogP contribution in [-0.4, -0.2) is 24.7 Å². The number of rotatable bonds is 6. The molecule has 0 radical (unpaired) electrons. The third kappa shape index (κ3) is 4.00. The van der Waals surface area contributed by atoms with E-state index in [1.54, 1.807) is 30.6 Å². The maximum absolute atomic E-state index is 11.7. The van der Waals surface area contributed by atoms with Crippen LogP contribution in [0, 0.1) is 12.3 Å². The zero-order chi connectivity index (χ0) is 15.8. The molecule has 0 saturated heterocycles. The Morgan fingerprint density at radius 2 is 2.18 bits per heavy atom. The molecule has 0 bridgehead atoms. The average Bonchev–Trinajstić information content (AvgIpc) is 2.58. The van der Waals surface area contributed by atoms with E-state index in [4.69, 9.17) is 20.6 Å². The fourth-order valence-corrected chi connectivity index (χ4v) is 1.75. The molecule has 5 heteroatoms. The zero-order valence-electron chi connectivity index (χ0n) is 12.1. The van der Waals surface area contributed by atoms with Gasteiger partial charge in [-0.15, -0.1) is 6.42 Å². The van der Waals surface area contributed by atoms with Crippen molar-refractivity contribution in [3.8, 4) is 23.8 Å². The smallest absolute Gasteiger partial charge is 0.339 e. The summed E-state index contributed by atoms with van der Waals surface area (Å²) in [5.41, 5.74) is 1.28. The maximum atomic E-state index is 11.7. The molecule has 2 aromatic rings. The van der Waals surface area contributed by atoms with Gasteiger partial charge in [0.1, 0.15) is 6.61 Å². The van der Waals surface area contributed by atoms with E-state index < -0.39 is 5.97 Å². The zero-order valence-corrected chi connectivity index (χ0v) is 12.1. The fourth-order valence-electron chi connectivity index (χ4n) is 1.75. The quantitative estimate of drug-likeness (QED) is 0.605. The number of terminal acetylenes is 1. The van der Waals surface area contributed by atoms with E-state index in [-0.39, 0.29) is 6.61 Å².